The quantitative estimate of drug-likeness (QED) is 0.773. The van der Waals surface area contributed by atoms with Gasteiger partial charge in [0.25, 0.3) is 0 Å². The number of thiazole rings is 1. The van der Waals surface area contributed by atoms with Crippen LogP contribution in [0.1, 0.15) is 5.69 Å². The van der Waals surface area contributed by atoms with Crippen molar-refractivity contribution in [1.29, 1.82) is 0 Å². The first kappa shape index (κ1) is 13.5. The van der Waals surface area contributed by atoms with Gasteiger partial charge in [-0.2, -0.15) is 4.98 Å². The van der Waals surface area contributed by atoms with Crippen molar-refractivity contribution in [3.63, 3.8) is 0 Å². The van der Waals surface area contributed by atoms with Crippen LogP contribution in [0.3, 0.4) is 0 Å². The molecule has 3 aromatic rings. The van der Waals surface area contributed by atoms with E-state index in [0.717, 1.165) is 15.1 Å². The summed E-state index contributed by atoms with van der Waals surface area (Å²) in [5, 5.41) is 5.01. The van der Waals surface area contributed by atoms with Crippen LogP contribution >= 0.6 is 27.3 Å². The zero-order valence-corrected chi connectivity index (χ0v) is 13.0. The van der Waals surface area contributed by atoms with Crippen molar-refractivity contribution in [3.05, 3.63) is 45.8 Å². The summed E-state index contributed by atoms with van der Waals surface area (Å²) in [7, 11) is 1.84. The van der Waals surface area contributed by atoms with Gasteiger partial charge >= 0.3 is 0 Å². The molecule has 0 saturated carbocycles. The third-order valence-electron chi connectivity index (χ3n) is 2.77. The molecular formula is C13H11BrFN3OS. The lowest BCUT2D eigenvalue weighted by Crippen LogP contribution is -2.08. The maximum Gasteiger partial charge on any atom is 0.243 e. The van der Waals surface area contributed by atoms with E-state index in [1.54, 1.807) is 12.1 Å². The van der Waals surface area contributed by atoms with Gasteiger partial charge in [0, 0.05) is 22.6 Å². The number of hydrogen-bond donors (Lipinski definition) is 1. The number of halogens is 2. The van der Waals surface area contributed by atoms with Gasteiger partial charge in [0.05, 0.1) is 0 Å². The number of ether oxygens (including phenoxy) is 1. The third kappa shape index (κ3) is 2.44. The lowest BCUT2D eigenvalue weighted by atomic mass is 10.3. The van der Waals surface area contributed by atoms with Crippen molar-refractivity contribution in [2.45, 2.75) is 6.54 Å². The van der Waals surface area contributed by atoms with E-state index in [2.05, 4.69) is 26.2 Å². The van der Waals surface area contributed by atoms with Gasteiger partial charge in [-0.15, -0.1) is 11.3 Å². The average Bonchev–Trinajstić information content (AvgIpc) is 2.98. The molecule has 0 atom stereocenters. The van der Waals surface area contributed by atoms with Crippen LogP contribution in [-0.4, -0.2) is 16.4 Å². The van der Waals surface area contributed by atoms with E-state index in [0.29, 0.717) is 12.4 Å². The van der Waals surface area contributed by atoms with Crippen molar-refractivity contribution < 1.29 is 9.13 Å². The number of nitrogens with one attached hydrogen (secondary N) is 1. The van der Waals surface area contributed by atoms with Crippen LogP contribution in [-0.2, 0) is 6.54 Å². The Morgan fingerprint density at radius 3 is 3.15 bits per heavy atom. The van der Waals surface area contributed by atoms with E-state index >= 15 is 0 Å². The second-order valence-electron chi connectivity index (χ2n) is 4.13. The summed E-state index contributed by atoms with van der Waals surface area (Å²) in [5.41, 5.74) is 0.864. The number of hydrogen-bond acceptors (Lipinski definition) is 4. The molecule has 1 aromatic carbocycles. The van der Waals surface area contributed by atoms with Gasteiger partial charge in [-0.05, 0) is 25.2 Å². The molecule has 7 heteroatoms. The van der Waals surface area contributed by atoms with Gasteiger partial charge < -0.3 is 10.1 Å². The predicted molar refractivity (Wildman–Crippen MR) is 80.0 cm³/mol. The Kier molecular flexibility index (Phi) is 3.73. The Labute approximate surface area is 127 Å². The zero-order chi connectivity index (χ0) is 14.1. The molecule has 20 heavy (non-hydrogen) atoms. The summed E-state index contributed by atoms with van der Waals surface area (Å²) in [4.78, 5) is 5.21. The highest BCUT2D eigenvalue weighted by molar-refractivity contribution is 9.10. The maximum absolute atomic E-state index is 13.8. The van der Waals surface area contributed by atoms with Crippen molar-refractivity contribution in [1.82, 2.24) is 14.7 Å². The van der Waals surface area contributed by atoms with Crippen LogP contribution in [0.15, 0.2) is 34.2 Å². The van der Waals surface area contributed by atoms with E-state index in [4.69, 9.17) is 4.74 Å². The van der Waals surface area contributed by atoms with Crippen LogP contribution < -0.4 is 10.1 Å². The van der Waals surface area contributed by atoms with Crippen molar-refractivity contribution in [2.75, 3.05) is 7.05 Å². The molecule has 0 saturated heterocycles. The van der Waals surface area contributed by atoms with Gasteiger partial charge in [0.2, 0.25) is 5.88 Å². The number of benzene rings is 1. The minimum Gasteiger partial charge on any atom is -0.434 e. The fraction of sp³-hybridized carbons (Fsp3) is 0.154. The summed E-state index contributed by atoms with van der Waals surface area (Å²) >= 11 is 4.81. The summed E-state index contributed by atoms with van der Waals surface area (Å²) in [6, 6.07) is 4.57. The number of imidazole rings is 1. The van der Waals surface area contributed by atoms with E-state index in [-0.39, 0.29) is 5.75 Å². The molecule has 0 fully saturated rings. The standard InChI is InChI=1S/C13H11BrFN3OS/c1-16-7-10-12(17-13-18(10)4-5-20-13)19-11-6-8(14)2-3-9(11)15/h2-6,16H,7H2,1H3. The molecule has 0 bridgehead atoms. The van der Waals surface area contributed by atoms with Crippen molar-refractivity contribution in [2.24, 2.45) is 0 Å². The van der Waals surface area contributed by atoms with Crippen LogP contribution in [0.2, 0.25) is 0 Å². The minimum absolute atomic E-state index is 0.155. The summed E-state index contributed by atoms with van der Waals surface area (Å²) in [6.45, 7) is 0.586. The first-order valence-electron chi connectivity index (χ1n) is 5.91. The van der Waals surface area contributed by atoms with Crippen molar-refractivity contribution >= 4 is 32.2 Å². The van der Waals surface area contributed by atoms with E-state index in [1.807, 2.05) is 23.0 Å². The molecule has 3 rings (SSSR count). The minimum atomic E-state index is -0.417. The molecule has 4 nitrogen and oxygen atoms in total. The topological polar surface area (TPSA) is 38.6 Å². The molecule has 0 aliphatic carbocycles. The monoisotopic (exact) mass is 355 g/mol. The first-order valence-corrected chi connectivity index (χ1v) is 7.58. The largest absolute Gasteiger partial charge is 0.434 e. The van der Waals surface area contributed by atoms with E-state index in [1.165, 1.54) is 17.4 Å². The molecule has 2 aromatic heterocycles. The number of fused-ring (bicyclic) bond motifs is 1. The SMILES string of the molecule is CNCc1c(Oc2cc(Br)ccc2F)nc2sccn12. The Morgan fingerprint density at radius 2 is 2.35 bits per heavy atom. The molecule has 0 spiro atoms. The molecule has 0 aliphatic heterocycles. The molecule has 0 unspecified atom stereocenters. The zero-order valence-electron chi connectivity index (χ0n) is 10.6. The lowest BCUT2D eigenvalue weighted by Gasteiger charge is -2.07. The van der Waals surface area contributed by atoms with Gasteiger partial charge in [0.15, 0.2) is 16.5 Å². The van der Waals surface area contributed by atoms with Crippen LogP contribution in [0.5, 0.6) is 11.6 Å². The van der Waals surface area contributed by atoms with E-state index in [9.17, 15) is 4.39 Å². The highest BCUT2D eigenvalue weighted by Crippen LogP contribution is 2.31. The molecular weight excluding hydrogens is 345 g/mol. The average molecular weight is 356 g/mol. The Hall–Kier alpha value is -1.44. The molecule has 2 heterocycles. The Bertz CT molecular complexity index is 755. The number of aromatic nitrogens is 2. The fourth-order valence-corrected chi connectivity index (χ4v) is 2.95. The predicted octanol–water partition coefficient (Wildman–Crippen LogP) is 3.81. The van der Waals surface area contributed by atoms with Crippen LogP contribution in [0.25, 0.3) is 4.96 Å². The summed E-state index contributed by atoms with van der Waals surface area (Å²) < 4.78 is 22.1. The molecule has 104 valence electrons. The Balaban J connectivity index is 2.03. The lowest BCUT2D eigenvalue weighted by molar-refractivity contribution is 0.423. The first-order chi connectivity index (χ1) is 9.69. The Morgan fingerprint density at radius 1 is 1.50 bits per heavy atom. The maximum atomic E-state index is 13.8. The highest BCUT2D eigenvalue weighted by atomic mass is 79.9. The molecule has 0 amide bonds. The van der Waals surface area contributed by atoms with Gasteiger partial charge in [0.1, 0.15) is 5.69 Å². The van der Waals surface area contributed by atoms with Gasteiger partial charge in [-0.3, -0.25) is 4.40 Å². The van der Waals surface area contributed by atoms with Crippen LogP contribution in [0, 0.1) is 5.82 Å². The van der Waals surface area contributed by atoms with Gasteiger partial charge in [-0.25, -0.2) is 4.39 Å². The second-order valence-corrected chi connectivity index (χ2v) is 5.92. The second kappa shape index (κ2) is 5.51. The number of rotatable bonds is 4. The number of nitrogens with zero attached hydrogens (tertiary/aromatic N) is 2. The molecule has 0 radical (unpaired) electrons. The molecule has 1 N–H and O–H groups in total. The summed E-state index contributed by atoms with van der Waals surface area (Å²) in [6.07, 6.45) is 1.92. The van der Waals surface area contributed by atoms with E-state index < -0.39 is 5.82 Å². The third-order valence-corrected chi connectivity index (χ3v) is 4.02. The smallest absolute Gasteiger partial charge is 0.243 e. The summed E-state index contributed by atoms with van der Waals surface area (Å²) in [5.74, 6) is 0.158. The van der Waals surface area contributed by atoms with Gasteiger partial charge in [-0.1, -0.05) is 15.9 Å². The molecule has 0 aliphatic rings. The fourth-order valence-electron chi connectivity index (χ4n) is 1.88. The van der Waals surface area contributed by atoms with Crippen molar-refractivity contribution in [3.8, 4) is 11.6 Å². The van der Waals surface area contributed by atoms with Crippen LogP contribution in [0.4, 0.5) is 4.39 Å². The normalized spacial score (nSPS) is 11.2. The highest BCUT2D eigenvalue weighted by Gasteiger charge is 2.16.